The van der Waals surface area contributed by atoms with Gasteiger partial charge in [0.05, 0.1) is 0 Å². The fourth-order valence-corrected chi connectivity index (χ4v) is 3.53. The SMILES string of the molecule is [SH2+]C1CCC(C2CCCCC2)CC1. The fraction of sp³-hybridized carbons (Fsp3) is 1.00. The van der Waals surface area contributed by atoms with Crippen LogP contribution in [0.4, 0.5) is 0 Å². The van der Waals surface area contributed by atoms with Crippen molar-refractivity contribution in [2.24, 2.45) is 11.8 Å². The molecule has 0 saturated heterocycles. The largest absolute Gasteiger partial charge is 0.113 e. The van der Waals surface area contributed by atoms with Gasteiger partial charge in [0.2, 0.25) is 0 Å². The third-order valence-electron chi connectivity index (χ3n) is 4.09. The minimum atomic E-state index is 0.833. The third kappa shape index (κ3) is 2.65. The summed E-state index contributed by atoms with van der Waals surface area (Å²) >= 11 is 3.79. The highest BCUT2D eigenvalue weighted by Crippen LogP contribution is 2.38. The molecule has 13 heavy (non-hydrogen) atoms. The van der Waals surface area contributed by atoms with Gasteiger partial charge in [0.15, 0.2) is 0 Å². The maximum Gasteiger partial charge on any atom is 0.113 e. The maximum atomic E-state index is 3.79. The smallest absolute Gasteiger partial charge is 0.0533 e. The molecule has 2 aliphatic carbocycles. The highest BCUT2D eigenvalue weighted by atomic mass is 32.1. The molecule has 0 radical (unpaired) electrons. The highest BCUT2D eigenvalue weighted by Gasteiger charge is 2.28. The molecule has 0 nitrogen and oxygen atoms in total. The molecule has 1 heteroatoms. The molecule has 0 atom stereocenters. The number of hydrogen-bond donors (Lipinski definition) is 0. The van der Waals surface area contributed by atoms with Gasteiger partial charge in [0, 0.05) is 0 Å². The average Bonchev–Trinajstić information content (AvgIpc) is 2.20. The van der Waals surface area contributed by atoms with E-state index in [0.717, 1.165) is 17.1 Å². The molecule has 0 aliphatic heterocycles. The molecule has 2 aliphatic rings. The Balaban J connectivity index is 1.79. The van der Waals surface area contributed by atoms with Crippen LogP contribution < -0.4 is 0 Å². The van der Waals surface area contributed by atoms with Crippen LogP contribution in [0.1, 0.15) is 57.8 Å². The predicted octanol–water partition coefficient (Wildman–Crippen LogP) is 3.14. The molecule has 0 unspecified atom stereocenters. The predicted molar refractivity (Wildman–Crippen MR) is 62.5 cm³/mol. The topological polar surface area (TPSA) is 0 Å². The zero-order valence-corrected chi connectivity index (χ0v) is 9.60. The van der Waals surface area contributed by atoms with Gasteiger partial charge in [-0.25, -0.2) is 0 Å². The fourth-order valence-electron chi connectivity index (χ4n) is 3.20. The molecule has 0 aromatic carbocycles. The Labute approximate surface area is 87.9 Å². The Hall–Kier alpha value is 0.350. The first kappa shape index (κ1) is 9.89. The van der Waals surface area contributed by atoms with Crippen molar-refractivity contribution in [3.63, 3.8) is 0 Å². The van der Waals surface area contributed by atoms with Gasteiger partial charge < -0.3 is 0 Å². The van der Waals surface area contributed by atoms with Gasteiger partial charge in [0.1, 0.15) is 5.25 Å². The van der Waals surface area contributed by atoms with Gasteiger partial charge in [-0.05, 0) is 50.1 Å². The maximum absolute atomic E-state index is 3.79. The Morgan fingerprint density at radius 3 is 1.77 bits per heavy atom. The molecule has 0 bridgehead atoms. The van der Waals surface area contributed by atoms with E-state index in [9.17, 15) is 0 Å². The zero-order valence-electron chi connectivity index (χ0n) is 8.60. The molecule has 0 aromatic heterocycles. The molecule has 0 amide bonds. The van der Waals surface area contributed by atoms with Crippen LogP contribution in [0.3, 0.4) is 0 Å². The third-order valence-corrected chi connectivity index (χ3v) is 4.67. The highest BCUT2D eigenvalue weighted by molar-refractivity contribution is 7.59. The molecule has 0 heterocycles. The van der Waals surface area contributed by atoms with Crippen molar-refractivity contribution in [2.75, 3.05) is 0 Å². The first-order valence-corrected chi connectivity index (χ1v) is 6.65. The molecule has 0 N–H and O–H groups in total. The summed E-state index contributed by atoms with van der Waals surface area (Å²) in [5.41, 5.74) is 0. The van der Waals surface area contributed by atoms with Crippen molar-refractivity contribution >= 4 is 12.6 Å². The van der Waals surface area contributed by atoms with Gasteiger partial charge in [-0.3, -0.25) is 0 Å². The van der Waals surface area contributed by atoms with Crippen LogP contribution in [0.5, 0.6) is 0 Å². The van der Waals surface area contributed by atoms with E-state index in [-0.39, 0.29) is 0 Å². The van der Waals surface area contributed by atoms with E-state index in [1.165, 1.54) is 57.8 Å². The Kier molecular flexibility index (Phi) is 3.59. The van der Waals surface area contributed by atoms with E-state index in [4.69, 9.17) is 0 Å². The molecule has 2 fully saturated rings. The molecule has 0 aromatic rings. The van der Waals surface area contributed by atoms with Crippen LogP contribution in [0.25, 0.3) is 0 Å². The van der Waals surface area contributed by atoms with Gasteiger partial charge >= 0.3 is 0 Å². The molecule has 2 saturated carbocycles. The van der Waals surface area contributed by atoms with E-state index in [1.807, 2.05) is 0 Å². The van der Waals surface area contributed by atoms with Crippen molar-refractivity contribution in [3.05, 3.63) is 0 Å². The van der Waals surface area contributed by atoms with E-state index in [0.29, 0.717) is 0 Å². The standard InChI is InChI=1S/C12H22S/c13-12-8-6-11(7-9-12)10-4-2-1-3-5-10/h10-13H,1-9H2/p+1. The van der Waals surface area contributed by atoms with Crippen molar-refractivity contribution in [3.8, 4) is 0 Å². The minimum absolute atomic E-state index is 0.833. The van der Waals surface area contributed by atoms with Crippen LogP contribution in [0.15, 0.2) is 0 Å². The molecule has 76 valence electrons. The van der Waals surface area contributed by atoms with Crippen LogP contribution >= 0.6 is 0 Å². The summed E-state index contributed by atoms with van der Waals surface area (Å²) in [5.74, 6) is 2.20. The van der Waals surface area contributed by atoms with Crippen molar-refractivity contribution in [2.45, 2.75) is 63.0 Å². The van der Waals surface area contributed by atoms with Gasteiger partial charge in [-0.2, -0.15) is 0 Å². The van der Waals surface area contributed by atoms with Crippen molar-refractivity contribution in [1.82, 2.24) is 0 Å². The Morgan fingerprint density at radius 1 is 0.615 bits per heavy atom. The lowest BCUT2D eigenvalue weighted by atomic mass is 9.73. The molecule has 2 rings (SSSR count). The lowest BCUT2D eigenvalue weighted by molar-refractivity contribution is 0.198. The second-order valence-corrected chi connectivity index (χ2v) is 5.83. The lowest BCUT2D eigenvalue weighted by Crippen LogP contribution is -2.24. The van der Waals surface area contributed by atoms with E-state index in [1.54, 1.807) is 0 Å². The van der Waals surface area contributed by atoms with Gasteiger partial charge in [-0.1, -0.05) is 32.1 Å². The van der Waals surface area contributed by atoms with Crippen molar-refractivity contribution in [1.29, 1.82) is 0 Å². The van der Waals surface area contributed by atoms with Crippen LogP contribution in [0.2, 0.25) is 0 Å². The summed E-state index contributed by atoms with van der Waals surface area (Å²) < 4.78 is 0. The average molecular weight is 199 g/mol. The molecular weight excluding hydrogens is 176 g/mol. The van der Waals surface area contributed by atoms with Crippen LogP contribution in [0, 0.1) is 11.8 Å². The van der Waals surface area contributed by atoms with E-state index >= 15 is 0 Å². The summed E-state index contributed by atoms with van der Waals surface area (Å²) in [6.45, 7) is 0. The van der Waals surface area contributed by atoms with E-state index < -0.39 is 0 Å². The van der Waals surface area contributed by atoms with Crippen LogP contribution in [-0.2, 0) is 12.6 Å². The second kappa shape index (κ2) is 4.72. The van der Waals surface area contributed by atoms with E-state index in [2.05, 4.69) is 12.6 Å². The molecule has 0 spiro atoms. The monoisotopic (exact) mass is 199 g/mol. The normalized spacial score (nSPS) is 37.6. The minimum Gasteiger partial charge on any atom is -0.0533 e. The Bertz CT molecular complexity index is 141. The lowest BCUT2D eigenvalue weighted by Gasteiger charge is -2.33. The summed E-state index contributed by atoms with van der Waals surface area (Å²) in [7, 11) is 0. The summed E-state index contributed by atoms with van der Waals surface area (Å²) in [4.78, 5) is 0. The first-order valence-electron chi connectivity index (χ1n) is 6.07. The van der Waals surface area contributed by atoms with Gasteiger partial charge in [-0.15, -0.1) is 0 Å². The first-order chi connectivity index (χ1) is 6.36. The second-order valence-electron chi connectivity index (χ2n) is 5.01. The number of hydrogen-bond acceptors (Lipinski definition) is 0. The number of rotatable bonds is 1. The summed E-state index contributed by atoms with van der Waals surface area (Å²) in [5, 5.41) is 0.833. The Morgan fingerprint density at radius 2 is 1.15 bits per heavy atom. The van der Waals surface area contributed by atoms with Crippen molar-refractivity contribution < 1.29 is 0 Å². The quantitative estimate of drug-likeness (QED) is 0.569. The van der Waals surface area contributed by atoms with Crippen LogP contribution in [-0.4, -0.2) is 5.25 Å². The molecular formula is C12H23S+. The summed E-state index contributed by atoms with van der Waals surface area (Å²) in [6, 6.07) is 0. The zero-order chi connectivity index (χ0) is 9.10. The summed E-state index contributed by atoms with van der Waals surface area (Å²) in [6.07, 6.45) is 13.5. The van der Waals surface area contributed by atoms with Gasteiger partial charge in [0.25, 0.3) is 0 Å².